The van der Waals surface area contributed by atoms with Gasteiger partial charge in [0.1, 0.15) is 0 Å². The van der Waals surface area contributed by atoms with Crippen LogP contribution >= 0.6 is 11.8 Å². The lowest BCUT2D eigenvalue weighted by molar-refractivity contribution is 0.108. The summed E-state index contributed by atoms with van der Waals surface area (Å²) in [4.78, 5) is 15.5. The normalized spacial score (nSPS) is 10.1. The van der Waals surface area contributed by atoms with Crippen molar-refractivity contribution < 1.29 is 9.18 Å². The zero-order valence-electron chi connectivity index (χ0n) is 8.26. The Morgan fingerprint density at radius 3 is 2.56 bits per heavy atom. The smallest absolute Gasteiger partial charge is 0.226 e. The van der Waals surface area contributed by atoms with Gasteiger partial charge in [0.2, 0.25) is 11.1 Å². The van der Waals surface area contributed by atoms with Crippen LogP contribution in [-0.2, 0) is 0 Å². The van der Waals surface area contributed by atoms with Crippen LogP contribution in [0.1, 0.15) is 10.4 Å². The van der Waals surface area contributed by atoms with Crippen LogP contribution in [-0.4, -0.2) is 10.1 Å². The number of hydrogen-bond donors (Lipinski definition) is 0. The van der Waals surface area contributed by atoms with E-state index in [0.29, 0.717) is 5.56 Å². The molecule has 2 rings (SSSR count). The van der Waals surface area contributed by atoms with E-state index in [4.69, 9.17) is 0 Å². The van der Waals surface area contributed by atoms with Gasteiger partial charge in [0.15, 0.2) is 0 Å². The molecule has 0 fully saturated rings. The number of nitrogens with zero attached hydrogens (tertiary/aromatic N) is 1. The minimum Gasteiger partial charge on any atom is -0.281 e. The maximum Gasteiger partial charge on any atom is 0.226 e. The second kappa shape index (κ2) is 4.90. The van der Waals surface area contributed by atoms with Gasteiger partial charge < -0.3 is 0 Å². The fraction of sp³-hybridized carbons (Fsp3) is 0. The third-order valence-electron chi connectivity index (χ3n) is 1.94. The van der Waals surface area contributed by atoms with Gasteiger partial charge in [0.25, 0.3) is 0 Å². The minimum atomic E-state index is -0.614. The van der Waals surface area contributed by atoms with Crippen molar-refractivity contribution in [3.05, 3.63) is 60.2 Å². The summed E-state index contributed by atoms with van der Waals surface area (Å²) < 4.78 is 13.2. The molecule has 0 saturated heterocycles. The molecule has 0 radical (unpaired) electrons. The number of aromatic nitrogens is 1. The third-order valence-corrected chi connectivity index (χ3v) is 2.88. The second-order valence-corrected chi connectivity index (χ2v) is 4.06. The largest absolute Gasteiger partial charge is 0.281 e. The van der Waals surface area contributed by atoms with Crippen LogP contribution in [0.5, 0.6) is 0 Å². The Morgan fingerprint density at radius 2 is 1.88 bits per heavy atom. The number of halogens is 1. The molecule has 0 aliphatic heterocycles. The predicted molar refractivity (Wildman–Crippen MR) is 60.8 cm³/mol. The lowest BCUT2D eigenvalue weighted by Crippen LogP contribution is -1.94. The first kappa shape index (κ1) is 10.8. The summed E-state index contributed by atoms with van der Waals surface area (Å²) in [5.41, 5.74) is 0.552. The monoisotopic (exact) mass is 233 g/mol. The molecule has 1 aromatic carbocycles. The van der Waals surface area contributed by atoms with E-state index in [1.807, 2.05) is 6.07 Å². The van der Waals surface area contributed by atoms with Gasteiger partial charge >= 0.3 is 0 Å². The Kier molecular flexibility index (Phi) is 3.31. The maximum atomic E-state index is 13.2. The first-order valence-electron chi connectivity index (χ1n) is 4.65. The summed E-state index contributed by atoms with van der Waals surface area (Å²) in [6.07, 6.45) is 1.35. The number of benzene rings is 1. The summed E-state index contributed by atoms with van der Waals surface area (Å²) in [7, 11) is 0. The molecule has 0 N–H and O–H groups in total. The van der Waals surface area contributed by atoms with E-state index in [1.165, 1.54) is 12.3 Å². The topological polar surface area (TPSA) is 30.0 Å². The first-order chi connectivity index (χ1) is 7.77. The fourth-order valence-electron chi connectivity index (χ4n) is 1.18. The number of carbonyl (C=O) groups excluding carboxylic acids is 1. The molecule has 2 aromatic rings. The summed E-state index contributed by atoms with van der Waals surface area (Å²) >= 11 is 0.847. The first-order valence-corrected chi connectivity index (χ1v) is 5.47. The average Bonchev–Trinajstić information content (AvgIpc) is 2.33. The number of carbonyl (C=O) groups is 1. The summed E-state index contributed by atoms with van der Waals surface area (Å²) in [6, 6.07) is 11.9. The van der Waals surface area contributed by atoms with Gasteiger partial charge in [-0.3, -0.25) is 4.79 Å². The molecular formula is C12H8FNOS. The van der Waals surface area contributed by atoms with Crippen LogP contribution < -0.4 is 0 Å². The van der Waals surface area contributed by atoms with Crippen molar-refractivity contribution in [2.75, 3.05) is 0 Å². The van der Waals surface area contributed by atoms with E-state index in [1.54, 1.807) is 30.3 Å². The molecule has 0 bridgehead atoms. The molecule has 1 heterocycles. The molecule has 0 saturated carbocycles. The molecular weight excluding hydrogens is 225 g/mol. The SMILES string of the molecule is O=C(Sc1cccnc1F)c1ccccc1. The molecule has 4 heteroatoms. The van der Waals surface area contributed by atoms with Crippen LogP contribution in [0.4, 0.5) is 4.39 Å². The molecule has 1 aromatic heterocycles. The van der Waals surface area contributed by atoms with Crippen LogP contribution in [0.25, 0.3) is 0 Å². The van der Waals surface area contributed by atoms with Gasteiger partial charge in [0, 0.05) is 11.8 Å². The molecule has 0 atom stereocenters. The highest BCUT2D eigenvalue weighted by Gasteiger charge is 2.10. The zero-order valence-corrected chi connectivity index (χ0v) is 9.08. The number of rotatable bonds is 2. The summed E-state index contributed by atoms with van der Waals surface area (Å²) in [5.74, 6) is -0.614. The third kappa shape index (κ3) is 2.46. The molecule has 0 spiro atoms. The Balaban J connectivity index is 2.18. The van der Waals surface area contributed by atoms with E-state index in [9.17, 15) is 9.18 Å². The number of hydrogen-bond acceptors (Lipinski definition) is 3. The second-order valence-electron chi connectivity index (χ2n) is 3.05. The van der Waals surface area contributed by atoms with Gasteiger partial charge in [-0.1, -0.05) is 30.3 Å². The molecule has 0 amide bonds. The van der Waals surface area contributed by atoms with Gasteiger partial charge in [0.05, 0.1) is 4.90 Å². The van der Waals surface area contributed by atoms with Crippen LogP contribution in [0.3, 0.4) is 0 Å². The van der Waals surface area contributed by atoms with E-state index < -0.39 is 5.95 Å². The Bertz CT molecular complexity index is 501. The zero-order chi connectivity index (χ0) is 11.4. The summed E-state index contributed by atoms with van der Waals surface area (Å²) in [6.45, 7) is 0. The standard InChI is InChI=1S/C12H8FNOS/c13-11-10(7-4-8-14-11)16-12(15)9-5-2-1-3-6-9/h1-8H. The van der Waals surface area contributed by atoms with E-state index in [-0.39, 0.29) is 10.0 Å². The van der Waals surface area contributed by atoms with Crippen molar-refractivity contribution in [3.8, 4) is 0 Å². The Labute approximate surface area is 96.5 Å². The van der Waals surface area contributed by atoms with Crippen molar-refractivity contribution in [2.45, 2.75) is 4.90 Å². The van der Waals surface area contributed by atoms with Gasteiger partial charge in [-0.05, 0) is 23.9 Å². The quantitative estimate of drug-likeness (QED) is 0.589. The fourth-order valence-corrected chi connectivity index (χ4v) is 1.92. The van der Waals surface area contributed by atoms with Crippen molar-refractivity contribution in [1.82, 2.24) is 4.98 Å². The van der Waals surface area contributed by atoms with Crippen molar-refractivity contribution in [2.24, 2.45) is 0 Å². The van der Waals surface area contributed by atoms with Crippen molar-refractivity contribution >= 4 is 16.9 Å². The highest BCUT2D eigenvalue weighted by molar-refractivity contribution is 8.14. The predicted octanol–water partition coefficient (Wildman–Crippen LogP) is 3.15. The molecule has 16 heavy (non-hydrogen) atoms. The lowest BCUT2D eigenvalue weighted by atomic mass is 10.2. The van der Waals surface area contributed by atoms with E-state index in [0.717, 1.165) is 11.8 Å². The molecule has 80 valence electrons. The van der Waals surface area contributed by atoms with Gasteiger partial charge in [-0.25, -0.2) is 4.98 Å². The molecule has 0 aliphatic rings. The van der Waals surface area contributed by atoms with Crippen LogP contribution in [0.15, 0.2) is 53.6 Å². The highest BCUT2D eigenvalue weighted by Crippen LogP contribution is 2.23. The Hall–Kier alpha value is -1.68. The number of pyridine rings is 1. The average molecular weight is 233 g/mol. The van der Waals surface area contributed by atoms with E-state index in [2.05, 4.69) is 4.98 Å². The van der Waals surface area contributed by atoms with Gasteiger partial charge in [-0.2, -0.15) is 4.39 Å². The van der Waals surface area contributed by atoms with Crippen molar-refractivity contribution in [1.29, 1.82) is 0 Å². The van der Waals surface area contributed by atoms with Crippen LogP contribution in [0, 0.1) is 5.95 Å². The summed E-state index contributed by atoms with van der Waals surface area (Å²) in [5, 5.41) is -0.187. The maximum absolute atomic E-state index is 13.2. The molecule has 2 nitrogen and oxygen atoms in total. The minimum absolute atomic E-state index is 0.187. The highest BCUT2D eigenvalue weighted by atomic mass is 32.2. The Morgan fingerprint density at radius 1 is 1.12 bits per heavy atom. The molecule has 0 unspecified atom stereocenters. The van der Waals surface area contributed by atoms with E-state index >= 15 is 0 Å². The lowest BCUT2D eigenvalue weighted by Gasteiger charge is -2.00. The molecule has 0 aliphatic carbocycles. The van der Waals surface area contributed by atoms with Crippen molar-refractivity contribution in [3.63, 3.8) is 0 Å². The van der Waals surface area contributed by atoms with Crippen LogP contribution in [0.2, 0.25) is 0 Å². The van der Waals surface area contributed by atoms with Gasteiger partial charge in [-0.15, -0.1) is 0 Å². The number of thioether (sulfide) groups is 1.